The number of benzene rings is 3. The van der Waals surface area contributed by atoms with Gasteiger partial charge in [-0.3, -0.25) is 9.69 Å². The Hall–Kier alpha value is -3.11. The largest absolute Gasteiger partial charge is 0.508 e. The number of carbonyl (C=O) groups is 1. The Labute approximate surface area is 165 Å². The summed E-state index contributed by atoms with van der Waals surface area (Å²) in [4.78, 5) is 15.0. The van der Waals surface area contributed by atoms with E-state index in [4.69, 9.17) is 0 Å². The number of hydrogen-bond acceptors (Lipinski definition) is 3. The normalized spacial score (nSPS) is 15.8. The van der Waals surface area contributed by atoms with Crippen molar-refractivity contribution in [1.29, 1.82) is 0 Å². The third-order valence-corrected chi connectivity index (χ3v) is 5.45. The first-order valence-corrected chi connectivity index (χ1v) is 9.63. The molecule has 1 atom stereocenters. The molecule has 0 fully saturated rings. The zero-order valence-corrected chi connectivity index (χ0v) is 15.9. The van der Waals surface area contributed by atoms with E-state index >= 15 is 0 Å². The molecule has 1 aliphatic heterocycles. The molecule has 0 aliphatic carbocycles. The average molecular weight is 372 g/mol. The van der Waals surface area contributed by atoms with E-state index in [1.807, 2.05) is 49.4 Å². The number of fused-ring (bicyclic) bond motifs is 1. The molecule has 0 spiro atoms. The van der Waals surface area contributed by atoms with Crippen molar-refractivity contribution in [2.75, 3.05) is 18.4 Å². The van der Waals surface area contributed by atoms with Gasteiger partial charge in [0, 0.05) is 24.2 Å². The molecule has 2 N–H and O–H groups in total. The van der Waals surface area contributed by atoms with Gasteiger partial charge in [-0.1, -0.05) is 54.6 Å². The number of rotatable bonds is 4. The van der Waals surface area contributed by atoms with Crippen LogP contribution in [0, 0.1) is 0 Å². The van der Waals surface area contributed by atoms with Crippen molar-refractivity contribution in [2.45, 2.75) is 19.4 Å². The second kappa shape index (κ2) is 7.87. The number of amides is 1. The van der Waals surface area contributed by atoms with Gasteiger partial charge in [-0.2, -0.15) is 0 Å². The Morgan fingerprint density at radius 2 is 1.79 bits per heavy atom. The highest BCUT2D eigenvalue weighted by Gasteiger charge is 2.23. The molecule has 1 amide bonds. The Bertz CT molecular complexity index is 1020. The van der Waals surface area contributed by atoms with Gasteiger partial charge < -0.3 is 10.4 Å². The quantitative estimate of drug-likeness (QED) is 0.700. The van der Waals surface area contributed by atoms with Gasteiger partial charge in [-0.15, -0.1) is 0 Å². The molecule has 3 aromatic carbocycles. The third kappa shape index (κ3) is 3.78. The van der Waals surface area contributed by atoms with E-state index in [0.29, 0.717) is 0 Å². The lowest BCUT2D eigenvalue weighted by atomic mass is 9.98. The van der Waals surface area contributed by atoms with Crippen LogP contribution in [-0.4, -0.2) is 35.0 Å². The number of nitrogens with one attached hydrogen (secondary N) is 1. The Balaban J connectivity index is 1.44. The fourth-order valence-corrected chi connectivity index (χ4v) is 3.71. The minimum atomic E-state index is -0.211. The number of carbonyl (C=O) groups excluding carboxylic acids is 1. The number of aromatic hydroxyl groups is 1. The average Bonchev–Trinajstić information content (AvgIpc) is 2.74. The van der Waals surface area contributed by atoms with Crippen molar-refractivity contribution < 1.29 is 9.90 Å². The van der Waals surface area contributed by atoms with Crippen molar-refractivity contribution in [2.24, 2.45) is 0 Å². The lowest BCUT2D eigenvalue weighted by Gasteiger charge is -2.31. The SMILES string of the molecule is CC(C(=O)Nc1cccc2ccccc12)N1CC=C(c2ccc(O)cc2)CC1. The van der Waals surface area contributed by atoms with Gasteiger partial charge in [0.1, 0.15) is 5.75 Å². The van der Waals surface area contributed by atoms with Crippen molar-refractivity contribution >= 4 is 27.9 Å². The predicted octanol–water partition coefficient (Wildman–Crippen LogP) is 4.66. The van der Waals surface area contributed by atoms with E-state index in [-0.39, 0.29) is 17.7 Å². The van der Waals surface area contributed by atoms with Gasteiger partial charge in [0.15, 0.2) is 0 Å². The highest BCUT2D eigenvalue weighted by atomic mass is 16.3. The van der Waals surface area contributed by atoms with Crippen LogP contribution in [0.15, 0.2) is 72.8 Å². The van der Waals surface area contributed by atoms with Crippen molar-refractivity contribution in [3.8, 4) is 5.75 Å². The Morgan fingerprint density at radius 3 is 2.54 bits per heavy atom. The zero-order chi connectivity index (χ0) is 19.5. The van der Waals surface area contributed by atoms with Crippen LogP contribution in [0.1, 0.15) is 18.9 Å². The van der Waals surface area contributed by atoms with Gasteiger partial charge in [0.05, 0.1) is 6.04 Å². The Morgan fingerprint density at radius 1 is 1.04 bits per heavy atom. The van der Waals surface area contributed by atoms with Crippen LogP contribution in [-0.2, 0) is 4.79 Å². The molecule has 4 nitrogen and oxygen atoms in total. The van der Waals surface area contributed by atoms with E-state index in [0.717, 1.165) is 41.5 Å². The molecule has 0 saturated heterocycles. The highest BCUT2D eigenvalue weighted by Crippen LogP contribution is 2.26. The van der Waals surface area contributed by atoms with E-state index in [1.54, 1.807) is 12.1 Å². The van der Waals surface area contributed by atoms with E-state index in [2.05, 4.69) is 28.4 Å². The van der Waals surface area contributed by atoms with E-state index in [1.165, 1.54) is 5.57 Å². The number of phenols is 1. The van der Waals surface area contributed by atoms with Crippen molar-refractivity contribution in [3.05, 3.63) is 78.4 Å². The lowest BCUT2D eigenvalue weighted by Crippen LogP contribution is -2.44. The molecule has 0 saturated carbocycles. The maximum atomic E-state index is 12.8. The second-order valence-electron chi connectivity index (χ2n) is 7.21. The van der Waals surface area contributed by atoms with Gasteiger partial charge in [0.25, 0.3) is 0 Å². The molecule has 1 aliphatic rings. The summed E-state index contributed by atoms with van der Waals surface area (Å²) in [6.07, 6.45) is 3.06. The molecule has 1 heterocycles. The molecule has 4 heteroatoms. The molecule has 28 heavy (non-hydrogen) atoms. The molecule has 0 radical (unpaired) electrons. The van der Waals surface area contributed by atoms with Gasteiger partial charge >= 0.3 is 0 Å². The van der Waals surface area contributed by atoms with Crippen LogP contribution in [0.2, 0.25) is 0 Å². The van der Waals surface area contributed by atoms with Crippen LogP contribution >= 0.6 is 0 Å². The summed E-state index contributed by atoms with van der Waals surface area (Å²) in [6, 6.07) is 21.1. The fourth-order valence-electron chi connectivity index (χ4n) is 3.71. The Kier molecular flexibility index (Phi) is 5.13. The minimum Gasteiger partial charge on any atom is -0.508 e. The van der Waals surface area contributed by atoms with E-state index < -0.39 is 0 Å². The molecule has 4 rings (SSSR count). The van der Waals surface area contributed by atoms with Crippen LogP contribution in [0.5, 0.6) is 5.75 Å². The topological polar surface area (TPSA) is 52.6 Å². The maximum absolute atomic E-state index is 12.8. The molecular weight excluding hydrogens is 348 g/mol. The van der Waals surface area contributed by atoms with Gasteiger partial charge in [0.2, 0.25) is 5.91 Å². The third-order valence-electron chi connectivity index (χ3n) is 5.45. The second-order valence-corrected chi connectivity index (χ2v) is 7.21. The number of nitrogens with zero attached hydrogens (tertiary/aromatic N) is 1. The number of hydrogen-bond donors (Lipinski definition) is 2. The number of anilines is 1. The van der Waals surface area contributed by atoms with E-state index in [9.17, 15) is 9.90 Å². The van der Waals surface area contributed by atoms with Crippen molar-refractivity contribution in [3.63, 3.8) is 0 Å². The molecule has 3 aromatic rings. The predicted molar refractivity (Wildman–Crippen MR) is 114 cm³/mol. The van der Waals surface area contributed by atoms with Crippen LogP contribution in [0.3, 0.4) is 0 Å². The van der Waals surface area contributed by atoms with Crippen LogP contribution in [0.4, 0.5) is 5.69 Å². The summed E-state index contributed by atoms with van der Waals surface area (Å²) in [7, 11) is 0. The highest BCUT2D eigenvalue weighted by molar-refractivity contribution is 6.03. The van der Waals surface area contributed by atoms with Gasteiger partial charge in [-0.05, 0) is 48.1 Å². The van der Waals surface area contributed by atoms with Gasteiger partial charge in [-0.25, -0.2) is 0 Å². The van der Waals surface area contributed by atoms with Crippen molar-refractivity contribution in [1.82, 2.24) is 4.90 Å². The lowest BCUT2D eigenvalue weighted by molar-refractivity contribution is -0.120. The first kappa shape index (κ1) is 18.3. The van der Waals surface area contributed by atoms with Crippen LogP contribution in [0.25, 0.3) is 16.3 Å². The smallest absolute Gasteiger partial charge is 0.241 e. The monoisotopic (exact) mass is 372 g/mol. The summed E-state index contributed by atoms with van der Waals surface area (Å²) in [5.41, 5.74) is 3.25. The summed E-state index contributed by atoms with van der Waals surface area (Å²) in [5, 5.41) is 14.7. The summed E-state index contributed by atoms with van der Waals surface area (Å²) in [6.45, 7) is 3.52. The molecule has 0 bridgehead atoms. The molecular formula is C24H24N2O2. The standard InChI is InChI=1S/C24H24N2O2/c1-17(24(28)25-23-8-4-6-20-5-2-3-7-22(20)23)26-15-13-19(14-16-26)18-9-11-21(27)12-10-18/h2-13,17,27H,14-16H2,1H3,(H,25,28). The summed E-state index contributed by atoms with van der Waals surface area (Å²) in [5.74, 6) is 0.290. The zero-order valence-electron chi connectivity index (χ0n) is 15.9. The fraction of sp³-hybridized carbons (Fsp3) is 0.208. The minimum absolute atomic E-state index is 0.0119. The summed E-state index contributed by atoms with van der Waals surface area (Å²) >= 11 is 0. The summed E-state index contributed by atoms with van der Waals surface area (Å²) < 4.78 is 0. The number of phenolic OH excluding ortho intramolecular Hbond substituents is 1. The molecule has 0 aromatic heterocycles. The maximum Gasteiger partial charge on any atom is 0.241 e. The first-order valence-electron chi connectivity index (χ1n) is 9.63. The van der Waals surface area contributed by atoms with Crippen LogP contribution < -0.4 is 5.32 Å². The molecule has 142 valence electrons. The first-order chi connectivity index (χ1) is 13.6. The molecule has 1 unspecified atom stereocenters.